The van der Waals surface area contributed by atoms with Gasteiger partial charge in [0.05, 0.1) is 16.8 Å². The fourth-order valence-electron chi connectivity index (χ4n) is 2.93. The molecule has 2 aromatic rings. The lowest BCUT2D eigenvalue weighted by molar-refractivity contribution is 0.270. The van der Waals surface area contributed by atoms with Crippen molar-refractivity contribution in [3.8, 4) is 0 Å². The highest BCUT2D eigenvalue weighted by atomic mass is 32.2. The molecule has 26 heavy (non-hydrogen) atoms. The Hall–Kier alpha value is -2.19. The van der Waals surface area contributed by atoms with Gasteiger partial charge >= 0.3 is 0 Å². The van der Waals surface area contributed by atoms with Crippen LogP contribution in [0.1, 0.15) is 12.5 Å². The summed E-state index contributed by atoms with van der Waals surface area (Å²) in [5, 5.41) is 0. The minimum Gasteiger partial charge on any atom is -0.354 e. The number of hydrogen-bond acceptors (Lipinski definition) is 5. The molecule has 0 amide bonds. The Morgan fingerprint density at radius 1 is 1.15 bits per heavy atom. The first-order valence-electron chi connectivity index (χ1n) is 8.61. The highest BCUT2D eigenvalue weighted by Gasteiger charge is 2.18. The van der Waals surface area contributed by atoms with Crippen LogP contribution in [-0.4, -0.2) is 51.0 Å². The molecule has 6 nitrogen and oxygen atoms in total. The summed E-state index contributed by atoms with van der Waals surface area (Å²) >= 11 is 0. The molecule has 1 aliphatic heterocycles. The number of rotatable bonds is 5. The molecule has 1 N–H and O–H groups in total. The summed E-state index contributed by atoms with van der Waals surface area (Å²) in [5.74, 6) is 0.402. The van der Waals surface area contributed by atoms with Crippen LogP contribution in [-0.2, 0) is 10.0 Å². The molecule has 140 valence electrons. The molecular formula is C18H23FN4O2S. The standard InChI is InChI=1S/C18H23FN4O2S/c1-3-22-8-10-23(11-9-22)18-7-4-15(13-20-18)21-26(24,25)16-5-6-17(19)14(2)12-16/h4-7,12-13,21H,3,8-11H2,1-2H3. The first-order valence-corrected chi connectivity index (χ1v) is 10.1. The highest BCUT2D eigenvalue weighted by Crippen LogP contribution is 2.20. The first kappa shape index (κ1) is 18.6. The average Bonchev–Trinajstić information content (AvgIpc) is 2.64. The SMILES string of the molecule is CCN1CCN(c2ccc(NS(=O)(=O)c3ccc(F)c(C)c3)cn2)CC1. The summed E-state index contributed by atoms with van der Waals surface area (Å²) in [5.41, 5.74) is 0.662. The van der Waals surface area contributed by atoms with E-state index in [9.17, 15) is 12.8 Å². The molecule has 3 rings (SSSR count). The lowest BCUT2D eigenvalue weighted by atomic mass is 10.2. The summed E-state index contributed by atoms with van der Waals surface area (Å²) in [7, 11) is -3.78. The Kier molecular flexibility index (Phi) is 5.43. The molecular weight excluding hydrogens is 355 g/mol. The van der Waals surface area contributed by atoms with Gasteiger partial charge in [0.25, 0.3) is 10.0 Å². The molecule has 0 saturated carbocycles. The third-order valence-corrected chi connectivity index (χ3v) is 5.96. The first-order chi connectivity index (χ1) is 12.4. The maximum Gasteiger partial charge on any atom is 0.261 e. The van der Waals surface area contributed by atoms with E-state index in [2.05, 4.69) is 26.4 Å². The smallest absolute Gasteiger partial charge is 0.261 e. The van der Waals surface area contributed by atoms with Gasteiger partial charge in [0.15, 0.2) is 0 Å². The van der Waals surface area contributed by atoms with Crippen LogP contribution in [0, 0.1) is 12.7 Å². The van der Waals surface area contributed by atoms with Gasteiger partial charge in [0, 0.05) is 26.2 Å². The van der Waals surface area contributed by atoms with Crippen molar-refractivity contribution in [2.75, 3.05) is 42.3 Å². The third-order valence-electron chi connectivity index (χ3n) is 4.58. The zero-order valence-electron chi connectivity index (χ0n) is 14.9. The Morgan fingerprint density at radius 3 is 2.46 bits per heavy atom. The average molecular weight is 378 g/mol. The second-order valence-electron chi connectivity index (χ2n) is 6.34. The zero-order valence-corrected chi connectivity index (χ0v) is 15.8. The number of anilines is 2. The van der Waals surface area contributed by atoms with Crippen LogP contribution in [0.4, 0.5) is 15.9 Å². The van der Waals surface area contributed by atoms with Crippen molar-refractivity contribution in [1.29, 1.82) is 0 Å². The number of aromatic nitrogens is 1. The number of aryl methyl sites for hydroxylation is 1. The largest absolute Gasteiger partial charge is 0.354 e. The number of hydrogen-bond donors (Lipinski definition) is 1. The third kappa shape index (κ3) is 4.13. The predicted molar refractivity (Wildman–Crippen MR) is 101 cm³/mol. The Labute approximate surface area is 153 Å². The molecule has 8 heteroatoms. The molecule has 1 aromatic heterocycles. The molecule has 0 bridgehead atoms. The number of pyridine rings is 1. The van der Waals surface area contributed by atoms with E-state index >= 15 is 0 Å². The van der Waals surface area contributed by atoms with Gasteiger partial charge in [-0.2, -0.15) is 0 Å². The van der Waals surface area contributed by atoms with Gasteiger partial charge in [-0.05, 0) is 49.4 Å². The number of benzene rings is 1. The van der Waals surface area contributed by atoms with E-state index in [1.807, 2.05) is 6.07 Å². The van der Waals surface area contributed by atoms with Crippen LogP contribution in [0.2, 0.25) is 0 Å². The molecule has 0 unspecified atom stereocenters. The molecule has 1 aromatic carbocycles. The molecule has 1 saturated heterocycles. The van der Waals surface area contributed by atoms with Gasteiger partial charge in [-0.15, -0.1) is 0 Å². The summed E-state index contributed by atoms with van der Waals surface area (Å²) in [4.78, 5) is 8.97. The molecule has 0 aliphatic carbocycles. The van der Waals surface area contributed by atoms with E-state index in [1.54, 1.807) is 6.07 Å². The minimum atomic E-state index is -3.78. The summed E-state index contributed by atoms with van der Waals surface area (Å²) in [6.07, 6.45) is 1.51. The summed E-state index contributed by atoms with van der Waals surface area (Å²) in [6.45, 7) is 8.53. The maximum absolute atomic E-state index is 13.3. The van der Waals surface area contributed by atoms with Crippen molar-refractivity contribution in [2.45, 2.75) is 18.7 Å². The monoisotopic (exact) mass is 378 g/mol. The second kappa shape index (κ2) is 7.59. The minimum absolute atomic E-state index is 0.0242. The number of nitrogens with one attached hydrogen (secondary N) is 1. The normalized spacial score (nSPS) is 15.9. The van der Waals surface area contributed by atoms with Crippen molar-refractivity contribution in [2.24, 2.45) is 0 Å². The Bertz CT molecular complexity index is 863. The number of nitrogens with zero attached hydrogens (tertiary/aromatic N) is 3. The number of sulfonamides is 1. The van der Waals surface area contributed by atoms with Gasteiger partial charge < -0.3 is 9.80 Å². The van der Waals surface area contributed by atoms with Crippen LogP contribution in [0.15, 0.2) is 41.4 Å². The van der Waals surface area contributed by atoms with Crippen molar-refractivity contribution in [3.63, 3.8) is 0 Å². The molecule has 0 atom stereocenters. The molecule has 2 heterocycles. The van der Waals surface area contributed by atoms with Crippen molar-refractivity contribution in [3.05, 3.63) is 47.9 Å². The van der Waals surface area contributed by atoms with Gasteiger partial charge in [-0.1, -0.05) is 6.92 Å². The second-order valence-corrected chi connectivity index (χ2v) is 8.03. The van der Waals surface area contributed by atoms with Crippen LogP contribution in [0.5, 0.6) is 0 Å². The summed E-state index contributed by atoms with van der Waals surface area (Å²) < 4.78 is 40.7. The maximum atomic E-state index is 13.3. The zero-order chi connectivity index (χ0) is 18.7. The molecule has 0 spiro atoms. The van der Waals surface area contributed by atoms with E-state index in [-0.39, 0.29) is 10.5 Å². The molecule has 1 aliphatic rings. The van der Waals surface area contributed by atoms with Crippen molar-refractivity contribution >= 4 is 21.5 Å². The van der Waals surface area contributed by atoms with E-state index in [0.29, 0.717) is 5.69 Å². The van der Waals surface area contributed by atoms with Crippen LogP contribution >= 0.6 is 0 Å². The van der Waals surface area contributed by atoms with E-state index in [1.165, 1.54) is 25.3 Å². The molecule has 1 fully saturated rings. The number of halogens is 1. The van der Waals surface area contributed by atoms with E-state index < -0.39 is 15.8 Å². The van der Waals surface area contributed by atoms with Gasteiger partial charge in [0.2, 0.25) is 0 Å². The van der Waals surface area contributed by atoms with Gasteiger partial charge in [-0.25, -0.2) is 17.8 Å². The fourth-order valence-corrected chi connectivity index (χ4v) is 4.05. The van der Waals surface area contributed by atoms with E-state index in [0.717, 1.165) is 44.6 Å². The van der Waals surface area contributed by atoms with Crippen LogP contribution < -0.4 is 9.62 Å². The lowest BCUT2D eigenvalue weighted by Gasteiger charge is -2.34. The van der Waals surface area contributed by atoms with E-state index in [4.69, 9.17) is 0 Å². The van der Waals surface area contributed by atoms with Crippen molar-refractivity contribution in [1.82, 2.24) is 9.88 Å². The van der Waals surface area contributed by atoms with Crippen LogP contribution in [0.25, 0.3) is 0 Å². The highest BCUT2D eigenvalue weighted by molar-refractivity contribution is 7.92. The topological polar surface area (TPSA) is 65.5 Å². The van der Waals surface area contributed by atoms with Crippen molar-refractivity contribution < 1.29 is 12.8 Å². The lowest BCUT2D eigenvalue weighted by Crippen LogP contribution is -2.46. The fraction of sp³-hybridized carbons (Fsp3) is 0.389. The number of likely N-dealkylation sites (N-methyl/N-ethyl adjacent to an activating group) is 1. The quantitative estimate of drug-likeness (QED) is 0.866. The van der Waals surface area contributed by atoms with Gasteiger partial charge in [-0.3, -0.25) is 4.72 Å². The predicted octanol–water partition coefficient (Wildman–Crippen LogP) is 2.47. The number of piperazine rings is 1. The van der Waals surface area contributed by atoms with Gasteiger partial charge in [0.1, 0.15) is 11.6 Å². The molecule has 0 radical (unpaired) electrons. The Morgan fingerprint density at radius 2 is 1.88 bits per heavy atom. The Balaban J connectivity index is 1.70. The van der Waals surface area contributed by atoms with Crippen LogP contribution in [0.3, 0.4) is 0 Å². The summed E-state index contributed by atoms with van der Waals surface area (Å²) in [6, 6.07) is 7.23.